The Labute approximate surface area is 130 Å². The minimum Gasteiger partial charge on any atom is -0.373 e. The molecule has 1 aromatic carbocycles. The smallest absolute Gasteiger partial charge is 0.242 e. The first kappa shape index (κ1) is 17.0. The van der Waals surface area contributed by atoms with E-state index >= 15 is 0 Å². The standard InChI is InChI=1S/C16H25BrN2O/c1-6-7-12(4)18-16(20)13(5)19-15-10(2)8-14(17)9-11(15)3/h8-9,12-13,19H,6-7H2,1-5H3,(H,18,20). The van der Waals surface area contributed by atoms with E-state index < -0.39 is 0 Å². The molecule has 2 N–H and O–H groups in total. The normalized spacial score (nSPS) is 13.7. The third kappa shape index (κ3) is 4.82. The fraction of sp³-hybridized carbons (Fsp3) is 0.562. The molecule has 112 valence electrons. The second-order valence-electron chi connectivity index (χ2n) is 5.48. The number of halogens is 1. The van der Waals surface area contributed by atoms with E-state index in [0.717, 1.165) is 34.1 Å². The van der Waals surface area contributed by atoms with Crippen molar-refractivity contribution < 1.29 is 4.79 Å². The van der Waals surface area contributed by atoms with Gasteiger partial charge in [0.05, 0.1) is 0 Å². The van der Waals surface area contributed by atoms with Gasteiger partial charge in [0.2, 0.25) is 5.91 Å². The molecule has 1 amide bonds. The summed E-state index contributed by atoms with van der Waals surface area (Å²) < 4.78 is 1.06. The third-order valence-electron chi connectivity index (χ3n) is 3.36. The average Bonchev–Trinajstić information content (AvgIpc) is 2.33. The van der Waals surface area contributed by atoms with E-state index in [1.165, 1.54) is 0 Å². The van der Waals surface area contributed by atoms with Crippen molar-refractivity contribution in [3.63, 3.8) is 0 Å². The maximum atomic E-state index is 12.1. The number of carbonyl (C=O) groups excluding carboxylic acids is 1. The van der Waals surface area contributed by atoms with Crippen LogP contribution >= 0.6 is 15.9 Å². The molecule has 0 fully saturated rings. The zero-order valence-corrected chi connectivity index (χ0v) is 14.6. The van der Waals surface area contributed by atoms with Gasteiger partial charge in [0, 0.05) is 16.2 Å². The van der Waals surface area contributed by atoms with Crippen LogP contribution in [0, 0.1) is 13.8 Å². The SMILES string of the molecule is CCCC(C)NC(=O)C(C)Nc1c(C)cc(Br)cc1C. The molecule has 1 aromatic rings. The molecule has 2 unspecified atom stereocenters. The average molecular weight is 341 g/mol. The monoisotopic (exact) mass is 340 g/mol. The number of hydrogen-bond acceptors (Lipinski definition) is 2. The van der Waals surface area contributed by atoms with Gasteiger partial charge in [-0.15, -0.1) is 0 Å². The van der Waals surface area contributed by atoms with Crippen molar-refractivity contribution in [1.29, 1.82) is 0 Å². The van der Waals surface area contributed by atoms with E-state index in [1.54, 1.807) is 0 Å². The molecule has 0 bridgehead atoms. The molecule has 3 nitrogen and oxygen atoms in total. The number of anilines is 1. The Bertz CT molecular complexity index is 451. The molecule has 0 spiro atoms. The number of rotatable bonds is 6. The molecule has 0 aliphatic heterocycles. The van der Waals surface area contributed by atoms with Crippen LogP contribution in [0.15, 0.2) is 16.6 Å². The topological polar surface area (TPSA) is 41.1 Å². The largest absolute Gasteiger partial charge is 0.373 e. The van der Waals surface area contributed by atoms with Crippen molar-refractivity contribution in [1.82, 2.24) is 5.32 Å². The van der Waals surface area contributed by atoms with E-state index in [2.05, 4.69) is 45.6 Å². The molecule has 0 aromatic heterocycles. The lowest BCUT2D eigenvalue weighted by Gasteiger charge is -2.21. The summed E-state index contributed by atoms with van der Waals surface area (Å²) in [5.74, 6) is 0.0488. The molecule has 0 saturated carbocycles. The van der Waals surface area contributed by atoms with E-state index in [-0.39, 0.29) is 18.0 Å². The molecule has 20 heavy (non-hydrogen) atoms. The van der Waals surface area contributed by atoms with E-state index in [4.69, 9.17) is 0 Å². The van der Waals surface area contributed by atoms with Crippen molar-refractivity contribution in [3.8, 4) is 0 Å². The molecule has 0 aliphatic rings. The summed E-state index contributed by atoms with van der Waals surface area (Å²) in [5.41, 5.74) is 3.32. The molecular weight excluding hydrogens is 316 g/mol. The lowest BCUT2D eigenvalue weighted by molar-refractivity contribution is -0.122. The first-order chi connectivity index (χ1) is 9.35. The van der Waals surface area contributed by atoms with Gasteiger partial charge in [-0.2, -0.15) is 0 Å². The minimum absolute atomic E-state index is 0.0488. The van der Waals surface area contributed by atoms with Crippen molar-refractivity contribution in [3.05, 3.63) is 27.7 Å². The van der Waals surface area contributed by atoms with Gasteiger partial charge in [-0.1, -0.05) is 29.3 Å². The maximum Gasteiger partial charge on any atom is 0.242 e. The molecule has 0 saturated heterocycles. The first-order valence-electron chi connectivity index (χ1n) is 7.18. The molecule has 0 aliphatic carbocycles. The zero-order valence-electron chi connectivity index (χ0n) is 13.0. The van der Waals surface area contributed by atoms with Gasteiger partial charge in [0.15, 0.2) is 0 Å². The van der Waals surface area contributed by atoms with Crippen LogP contribution in [0.1, 0.15) is 44.7 Å². The van der Waals surface area contributed by atoms with Crippen LogP contribution in [-0.2, 0) is 4.79 Å². The number of nitrogens with one attached hydrogen (secondary N) is 2. The van der Waals surface area contributed by atoms with Crippen LogP contribution in [0.2, 0.25) is 0 Å². The molecule has 1 rings (SSSR count). The highest BCUT2D eigenvalue weighted by molar-refractivity contribution is 9.10. The van der Waals surface area contributed by atoms with Crippen LogP contribution in [0.3, 0.4) is 0 Å². The zero-order chi connectivity index (χ0) is 15.3. The fourth-order valence-electron chi connectivity index (χ4n) is 2.29. The minimum atomic E-state index is -0.243. The molecule has 0 heterocycles. The van der Waals surface area contributed by atoms with Crippen molar-refractivity contribution >= 4 is 27.5 Å². The number of hydrogen-bond donors (Lipinski definition) is 2. The number of amides is 1. The molecule has 0 radical (unpaired) electrons. The predicted molar refractivity (Wildman–Crippen MR) is 89.2 cm³/mol. The Morgan fingerprint density at radius 2 is 1.80 bits per heavy atom. The highest BCUT2D eigenvalue weighted by Crippen LogP contribution is 2.25. The van der Waals surface area contributed by atoms with Gasteiger partial charge in [-0.3, -0.25) is 4.79 Å². The van der Waals surface area contributed by atoms with Gasteiger partial charge in [-0.05, 0) is 57.4 Å². The third-order valence-corrected chi connectivity index (χ3v) is 3.82. The lowest BCUT2D eigenvalue weighted by Crippen LogP contribution is -2.42. The fourth-order valence-corrected chi connectivity index (χ4v) is 2.98. The summed E-state index contributed by atoms with van der Waals surface area (Å²) in [7, 11) is 0. The Hall–Kier alpha value is -1.03. The number of benzene rings is 1. The van der Waals surface area contributed by atoms with Crippen molar-refractivity contribution in [2.45, 2.75) is 59.5 Å². The van der Waals surface area contributed by atoms with Gasteiger partial charge >= 0.3 is 0 Å². The van der Waals surface area contributed by atoms with Gasteiger partial charge < -0.3 is 10.6 Å². The van der Waals surface area contributed by atoms with Crippen LogP contribution in [0.5, 0.6) is 0 Å². The Morgan fingerprint density at radius 1 is 1.25 bits per heavy atom. The summed E-state index contributed by atoms with van der Waals surface area (Å²) in [4.78, 5) is 12.1. The number of aryl methyl sites for hydroxylation is 2. The van der Waals surface area contributed by atoms with E-state index in [0.29, 0.717) is 0 Å². The summed E-state index contributed by atoms with van der Waals surface area (Å²) >= 11 is 3.49. The Morgan fingerprint density at radius 3 is 2.30 bits per heavy atom. The van der Waals surface area contributed by atoms with E-state index in [9.17, 15) is 4.79 Å². The summed E-state index contributed by atoms with van der Waals surface area (Å²) in [6, 6.07) is 4.09. The summed E-state index contributed by atoms with van der Waals surface area (Å²) in [5, 5.41) is 6.36. The highest BCUT2D eigenvalue weighted by atomic mass is 79.9. The first-order valence-corrected chi connectivity index (χ1v) is 7.98. The van der Waals surface area contributed by atoms with Crippen LogP contribution in [-0.4, -0.2) is 18.0 Å². The van der Waals surface area contributed by atoms with Crippen molar-refractivity contribution in [2.75, 3.05) is 5.32 Å². The maximum absolute atomic E-state index is 12.1. The van der Waals surface area contributed by atoms with Crippen molar-refractivity contribution in [2.24, 2.45) is 0 Å². The Kier molecular flexibility index (Phi) is 6.53. The second-order valence-corrected chi connectivity index (χ2v) is 6.39. The van der Waals surface area contributed by atoms with Crippen LogP contribution < -0.4 is 10.6 Å². The molecule has 4 heteroatoms. The number of carbonyl (C=O) groups is 1. The molecular formula is C16H25BrN2O. The van der Waals surface area contributed by atoms with Crippen LogP contribution in [0.25, 0.3) is 0 Å². The highest BCUT2D eigenvalue weighted by Gasteiger charge is 2.16. The van der Waals surface area contributed by atoms with E-state index in [1.807, 2.05) is 27.7 Å². The summed E-state index contributed by atoms with van der Waals surface area (Å²) in [6.45, 7) is 10.2. The molecule has 2 atom stereocenters. The van der Waals surface area contributed by atoms with Gasteiger partial charge in [0.1, 0.15) is 6.04 Å². The predicted octanol–water partition coefficient (Wildman–Crippen LogP) is 4.17. The van der Waals surface area contributed by atoms with Crippen LogP contribution in [0.4, 0.5) is 5.69 Å². The van der Waals surface area contributed by atoms with Gasteiger partial charge in [0.25, 0.3) is 0 Å². The second kappa shape index (κ2) is 7.67. The quantitative estimate of drug-likeness (QED) is 0.815. The van der Waals surface area contributed by atoms with Gasteiger partial charge in [-0.25, -0.2) is 0 Å². The lowest BCUT2D eigenvalue weighted by atomic mass is 10.1. The summed E-state index contributed by atoms with van der Waals surface area (Å²) in [6.07, 6.45) is 2.09. The Balaban J connectivity index is 2.71.